The molecule has 6 heteroatoms. The number of nitrogens with zero attached hydrogens (tertiary/aromatic N) is 2. The summed E-state index contributed by atoms with van der Waals surface area (Å²) in [6.45, 7) is -0.00768. The van der Waals surface area contributed by atoms with Crippen LogP contribution < -0.4 is 15.5 Å². The van der Waals surface area contributed by atoms with Gasteiger partial charge in [-0.1, -0.05) is 30.3 Å². The smallest absolute Gasteiger partial charge is 0.191 e. The van der Waals surface area contributed by atoms with Crippen molar-refractivity contribution < 1.29 is 4.74 Å². The van der Waals surface area contributed by atoms with Gasteiger partial charge in [0.05, 0.1) is 6.21 Å². The zero-order valence-corrected chi connectivity index (χ0v) is 12.5. The van der Waals surface area contributed by atoms with Gasteiger partial charge >= 0.3 is 0 Å². The highest BCUT2D eigenvalue weighted by Crippen LogP contribution is 2.15. The summed E-state index contributed by atoms with van der Waals surface area (Å²) in [4.78, 5) is 0. The molecule has 110 valence electrons. The molecular formula is C16H14N4OS. The monoisotopic (exact) mass is 310 g/mol. The molecule has 2 rings (SSSR count). The third kappa shape index (κ3) is 4.89. The van der Waals surface area contributed by atoms with Gasteiger partial charge in [0.2, 0.25) is 0 Å². The van der Waals surface area contributed by atoms with Crippen LogP contribution in [0.2, 0.25) is 0 Å². The van der Waals surface area contributed by atoms with Crippen molar-refractivity contribution in [3.63, 3.8) is 0 Å². The molecule has 0 aromatic heterocycles. The first-order chi connectivity index (χ1) is 10.8. The molecule has 2 aromatic rings. The van der Waals surface area contributed by atoms with E-state index in [1.54, 1.807) is 12.3 Å². The topological polar surface area (TPSA) is 69.4 Å². The Labute approximate surface area is 134 Å². The second kappa shape index (κ2) is 8.39. The van der Waals surface area contributed by atoms with Gasteiger partial charge in [-0.2, -0.15) is 10.4 Å². The zero-order valence-electron chi connectivity index (χ0n) is 11.7. The van der Waals surface area contributed by atoms with E-state index in [0.717, 1.165) is 11.3 Å². The van der Waals surface area contributed by atoms with Crippen molar-refractivity contribution in [3.05, 3.63) is 60.2 Å². The second-order valence-corrected chi connectivity index (χ2v) is 4.58. The van der Waals surface area contributed by atoms with E-state index in [2.05, 4.69) is 15.8 Å². The Morgan fingerprint density at radius 2 is 1.91 bits per heavy atom. The quantitative estimate of drug-likeness (QED) is 0.505. The van der Waals surface area contributed by atoms with E-state index in [0.29, 0.717) is 10.9 Å². The maximum atomic E-state index is 8.56. The lowest BCUT2D eigenvalue weighted by Gasteiger charge is -2.07. The van der Waals surface area contributed by atoms with Crippen LogP contribution in [-0.4, -0.2) is 17.9 Å². The molecule has 0 heterocycles. The molecule has 22 heavy (non-hydrogen) atoms. The SMILES string of the molecule is N#CCOc1ccccc1/C=N/NC(=S)Nc1ccccc1. The Kier molecular flexibility index (Phi) is 5.91. The van der Waals surface area contributed by atoms with Crippen LogP contribution in [0.5, 0.6) is 5.75 Å². The number of rotatable bonds is 5. The lowest BCUT2D eigenvalue weighted by atomic mass is 10.2. The largest absolute Gasteiger partial charge is 0.478 e. The van der Waals surface area contributed by atoms with Gasteiger partial charge in [-0.15, -0.1) is 0 Å². The van der Waals surface area contributed by atoms with E-state index in [9.17, 15) is 0 Å². The fourth-order valence-electron chi connectivity index (χ4n) is 1.67. The molecule has 0 atom stereocenters. The Morgan fingerprint density at radius 1 is 1.18 bits per heavy atom. The van der Waals surface area contributed by atoms with E-state index < -0.39 is 0 Å². The highest BCUT2D eigenvalue weighted by Gasteiger charge is 2.00. The Balaban J connectivity index is 1.92. The summed E-state index contributed by atoms with van der Waals surface area (Å²) in [7, 11) is 0. The zero-order chi connectivity index (χ0) is 15.6. The van der Waals surface area contributed by atoms with Crippen molar-refractivity contribution >= 4 is 29.2 Å². The predicted octanol–water partition coefficient (Wildman–Crippen LogP) is 2.91. The third-order valence-corrected chi connectivity index (χ3v) is 2.81. The lowest BCUT2D eigenvalue weighted by molar-refractivity contribution is 0.367. The molecule has 0 unspecified atom stereocenters. The van der Waals surface area contributed by atoms with Crippen molar-refractivity contribution in [3.8, 4) is 11.8 Å². The highest BCUT2D eigenvalue weighted by molar-refractivity contribution is 7.80. The first-order valence-corrected chi connectivity index (χ1v) is 6.94. The molecule has 2 aromatic carbocycles. The molecular weight excluding hydrogens is 296 g/mol. The van der Waals surface area contributed by atoms with E-state index in [1.165, 1.54) is 0 Å². The molecule has 0 fully saturated rings. The van der Waals surface area contributed by atoms with Crippen molar-refractivity contribution in [1.82, 2.24) is 5.43 Å². The molecule has 0 aliphatic carbocycles. The number of nitriles is 1. The average Bonchev–Trinajstić information content (AvgIpc) is 2.55. The Hall–Kier alpha value is -2.91. The second-order valence-electron chi connectivity index (χ2n) is 4.17. The fourth-order valence-corrected chi connectivity index (χ4v) is 1.84. The van der Waals surface area contributed by atoms with Gasteiger partial charge in [0, 0.05) is 11.3 Å². The minimum absolute atomic E-state index is 0.00768. The van der Waals surface area contributed by atoms with Crippen LogP contribution in [0.4, 0.5) is 5.69 Å². The molecule has 2 N–H and O–H groups in total. The van der Waals surface area contributed by atoms with Crippen molar-refractivity contribution in [2.75, 3.05) is 11.9 Å². The lowest BCUT2D eigenvalue weighted by Crippen LogP contribution is -2.23. The van der Waals surface area contributed by atoms with E-state index in [1.807, 2.05) is 54.6 Å². The maximum Gasteiger partial charge on any atom is 0.191 e. The molecule has 0 saturated heterocycles. The number of thiocarbonyl (C=S) groups is 1. The molecule has 0 spiro atoms. The van der Waals surface area contributed by atoms with E-state index in [4.69, 9.17) is 22.2 Å². The van der Waals surface area contributed by atoms with Crippen LogP contribution in [0.1, 0.15) is 5.56 Å². The first kappa shape index (κ1) is 15.5. The average molecular weight is 310 g/mol. The summed E-state index contributed by atoms with van der Waals surface area (Å²) in [6.07, 6.45) is 1.59. The number of benzene rings is 2. The van der Waals surface area contributed by atoms with Gasteiger partial charge in [-0.25, -0.2) is 0 Å². The minimum atomic E-state index is -0.00768. The van der Waals surface area contributed by atoms with E-state index in [-0.39, 0.29) is 6.61 Å². The number of hydrogen-bond acceptors (Lipinski definition) is 4. The summed E-state index contributed by atoms with van der Waals surface area (Å²) in [5, 5.41) is 16.0. The van der Waals surface area contributed by atoms with Crippen LogP contribution >= 0.6 is 12.2 Å². The number of para-hydroxylation sites is 2. The van der Waals surface area contributed by atoms with Gasteiger partial charge in [-0.05, 0) is 36.5 Å². The molecule has 0 amide bonds. The standard InChI is InChI=1S/C16H14N4OS/c17-10-11-21-15-9-5-4-6-13(15)12-18-20-16(22)19-14-7-2-1-3-8-14/h1-9,12H,11H2,(H2,19,20,22)/b18-12+. The maximum absolute atomic E-state index is 8.56. The molecule has 0 bridgehead atoms. The first-order valence-electron chi connectivity index (χ1n) is 6.53. The van der Waals surface area contributed by atoms with Crippen molar-refractivity contribution in [2.24, 2.45) is 5.10 Å². The highest BCUT2D eigenvalue weighted by atomic mass is 32.1. The summed E-state index contributed by atoms with van der Waals surface area (Å²) in [6, 6.07) is 18.8. The molecule has 0 aliphatic rings. The van der Waals surface area contributed by atoms with Gasteiger partial charge in [0.15, 0.2) is 11.7 Å². The Bertz CT molecular complexity index is 695. The summed E-state index contributed by atoms with van der Waals surface area (Å²) in [5.74, 6) is 0.594. The number of ether oxygens (including phenoxy) is 1. The molecule has 0 aliphatic heterocycles. The number of hydrazone groups is 1. The number of anilines is 1. The van der Waals surface area contributed by atoms with Gasteiger partial charge in [-0.3, -0.25) is 5.43 Å². The van der Waals surface area contributed by atoms with Crippen LogP contribution in [0.25, 0.3) is 0 Å². The third-order valence-electron chi connectivity index (χ3n) is 2.61. The minimum Gasteiger partial charge on any atom is -0.478 e. The predicted molar refractivity (Wildman–Crippen MR) is 90.9 cm³/mol. The normalized spacial score (nSPS) is 9.95. The summed E-state index contributed by atoms with van der Waals surface area (Å²) >= 11 is 5.14. The Morgan fingerprint density at radius 3 is 2.68 bits per heavy atom. The number of hydrogen-bond donors (Lipinski definition) is 2. The van der Waals surface area contributed by atoms with Crippen LogP contribution in [0.15, 0.2) is 59.7 Å². The van der Waals surface area contributed by atoms with Crippen LogP contribution in [-0.2, 0) is 0 Å². The van der Waals surface area contributed by atoms with E-state index >= 15 is 0 Å². The van der Waals surface area contributed by atoms with Crippen molar-refractivity contribution in [1.29, 1.82) is 5.26 Å². The molecule has 0 radical (unpaired) electrons. The molecule has 0 saturated carbocycles. The summed E-state index contributed by atoms with van der Waals surface area (Å²) in [5.41, 5.74) is 4.37. The van der Waals surface area contributed by atoms with Gasteiger partial charge < -0.3 is 10.1 Å². The van der Waals surface area contributed by atoms with Crippen molar-refractivity contribution in [2.45, 2.75) is 0 Å². The number of nitrogens with one attached hydrogen (secondary N) is 2. The van der Waals surface area contributed by atoms with Gasteiger partial charge in [0.1, 0.15) is 11.8 Å². The fraction of sp³-hybridized carbons (Fsp3) is 0.0625. The van der Waals surface area contributed by atoms with Gasteiger partial charge in [0.25, 0.3) is 0 Å². The summed E-state index contributed by atoms with van der Waals surface area (Å²) < 4.78 is 5.31. The molecule has 5 nitrogen and oxygen atoms in total. The van der Waals surface area contributed by atoms with Crippen LogP contribution in [0, 0.1) is 11.3 Å². The van der Waals surface area contributed by atoms with Crippen LogP contribution in [0.3, 0.4) is 0 Å².